The van der Waals surface area contributed by atoms with Crippen LogP contribution in [0.1, 0.15) is 12.5 Å². The first-order valence-corrected chi connectivity index (χ1v) is 6.50. The van der Waals surface area contributed by atoms with Gasteiger partial charge in [-0.3, -0.25) is 4.79 Å². The van der Waals surface area contributed by atoms with Gasteiger partial charge in [0.2, 0.25) is 0 Å². The molecule has 8 heteroatoms. The summed E-state index contributed by atoms with van der Waals surface area (Å²) in [6.07, 6.45) is 0. The molecule has 0 aliphatic carbocycles. The van der Waals surface area contributed by atoms with Crippen LogP contribution in [-0.4, -0.2) is 30.0 Å². The van der Waals surface area contributed by atoms with Crippen LogP contribution in [0.4, 0.5) is 5.69 Å². The molecule has 2 rings (SSSR count). The lowest BCUT2D eigenvalue weighted by atomic mass is 10.1. The molecule has 0 fully saturated rings. The number of guanidine groups is 1. The van der Waals surface area contributed by atoms with Gasteiger partial charge in [-0.15, -0.1) is 0 Å². The Balaban J connectivity index is 0.00000200. The second-order valence-corrected chi connectivity index (χ2v) is 4.78. The molecule has 0 atom stereocenters. The van der Waals surface area contributed by atoms with E-state index in [1.54, 1.807) is 24.0 Å². The second kappa shape index (κ2) is 7.15. The van der Waals surface area contributed by atoms with E-state index >= 15 is 0 Å². The largest absolute Gasteiger partial charge is 1.00 e. The highest BCUT2D eigenvalue weighted by Crippen LogP contribution is 2.36. The van der Waals surface area contributed by atoms with Crippen LogP contribution in [0, 0.1) is 0 Å². The molecule has 110 valence electrons. The molecule has 20 heavy (non-hydrogen) atoms. The summed E-state index contributed by atoms with van der Waals surface area (Å²) < 4.78 is 4.88. The van der Waals surface area contributed by atoms with E-state index in [0.717, 1.165) is 5.56 Å². The summed E-state index contributed by atoms with van der Waals surface area (Å²) in [5.41, 5.74) is 7.25. The Hall–Kier alpha value is -0.980. The fourth-order valence-corrected chi connectivity index (χ4v) is 2.20. The number of benzene rings is 1. The molecule has 0 spiro atoms. The summed E-state index contributed by atoms with van der Waals surface area (Å²) in [5, 5.41) is 0.886. The van der Waals surface area contributed by atoms with E-state index in [1.807, 2.05) is 0 Å². The summed E-state index contributed by atoms with van der Waals surface area (Å²) in [7, 11) is 0. The first-order valence-electron chi connectivity index (χ1n) is 5.74. The standard InChI is InChI=1S/C12H13Cl2N3O2.BrH/c1-2-19-10(18)6-17-5-7-9(16-12(17)15)4-3-8(13)11(7)14;/h3-4H,2,5-6H2,1H3,(H2,15,16);1H/p-1. The van der Waals surface area contributed by atoms with Crippen LogP contribution in [0.15, 0.2) is 17.1 Å². The Bertz CT molecular complexity index is 552. The first-order chi connectivity index (χ1) is 9.02. The van der Waals surface area contributed by atoms with Gasteiger partial charge >= 0.3 is 5.97 Å². The predicted molar refractivity (Wildman–Crippen MR) is 74.8 cm³/mol. The Morgan fingerprint density at radius 3 is 2.85 bits per heavy atom. The number of hydrogen-bond donors (Lipinski definition) is 1. The molecule has 2 N–H and O–H groups in total. The van der Waals surface area contributed by atoms with Gasteiger partial charge in [0, 0.05) is 5.56 Å². The molecule has 0 aromatic heterocycles. The van der Waals surface area contributed by atoms with Crippen molar-refractivity contribution in [3.63, 3.8) is 0 Å². The molecule has 1 aliphatic rings. The van der Waals surface area contributed by atoms with E-state index in [-0.39, 0.29) is 35.5 Å². The van der Waals surface area contributed by atoms with Crippen molar-refractivity contribution in [2.24, 2.45) is 10.7 Å². The normalized spacial score (nSPS) is 13.2. The number of hydrogen-bond acceptors (Lipinski definition) is 5. The number of carbonyl (C=O) groups excluding carboxylic acids is 1. The molecule has 0 saturated carbocycles. The molecule has 0 radical (unpaired) electrons. The number of rotatable bonds is 3. The van der Waals surface area contributed by atoms with Crippen LogP contribution in [0.3, 0.4) is 0 Å². The number of esters is 1. The van der Waals surface area contributed by atoms with Crippen molar-refractivity contribution < 1.29 is 26.5 Å². The summed E-state index contributed by atoms with van der Waals surface area (Å²) in [6.45, 7) is 2.48. The molecule has 0 unspecified atom stereocenters. The van der Waals surface area contributed by atoms with Crippen LogP contribution < -0.4 is 22.7 Å². The number of aliphatic imine (C=N–C) groups is 1. The topological polar surface area (TPSA) is 67.9 Å². The summed E-state index contributed by atoms with van der Waals surface area (Å²) in [6, 6.07) is 3.42. The quantitative estimate of drug-likeness (QED) is 0.704. The van der Waals surface area contributed by atoms with Gasteiger partial charge in [0.25, 0.3) is 0 Å². The lowest BCUT2D eigenvalue weighted by molar-refractivity contribution is -0.143. The summed E-state index contributed by atoms with van der Waals surface area (Å²) in [4.78, 5) is 17.3. The highest BCUT2D eigenvalue weighted by atomic mass is 79.9. The fourth-order valence-electron chi connectivity index (χ4n) is 1.80. The number of ether oxygens (including phenoxy) is 1. The molecule has 1 aromatic carbocycles. The lowest BCUT2D eigenvalue weighted by Crippen LogP contribution is -3.00. The van der Waals surface area contributed by atoms with Gasteiger partial charge in [-0.2, -0.15) is 0 Å². The molecule has 0 amide bonds. The van der Waals surface area contributed by atoms with Crippen LogP contribution in [0.2, 0.25) is 10.0 Å². The van der Waals surface area contributed by atoms with Crippen molar-refractivity contribution in [2.75, 3.05) is 13.2 Å². The molecule has 1 aromatic rings. The Morgan fingerprint density at radius 1 is 1.50 bits per heavy atom. The zero-order chi connectivity index (χ0) is 14.0. The number of carbonyl (C=O) groups is 1. The summed E-state index contributed by atoms with van der Waals surface area (Å²) >= 11 is 12.1. The van der Waals surface area contributed by atoms with Crippen LogP contribution in [-0.2, 0) is 16.1 Å². The van der Waals surface area contributed by atoms with E-state index in [0.29, 0.717) is 28.9 Å². The van der Waals surface area contributed by atoms with E-state index in [2.05, 4.69) is 4.99 Å². The van der Waals surface area contributed by atoms with Crippen molar-refractivity contribution in [1.82, 2.24) is 4.90 Å². The van der Waals surface area contributed by atoms with Crippen LogP contribution >= 0.6 is 23.2 Å². The minimum absolute atomic E-state index is 0. The maximum atomic E-state index is 11.5. The Labute approximate surface area is 137 Å². The van der Waals surface area contributed by atoms with Crippen molar-refractivity contribution >= 4 is 40.8 Å². The maximum absolute atomic E-state index is 11.5. The van der Waals surface area contributed by atoms with Crippen molar-refractivity contribution in [1.29, 1.82) is 0 Å². The zero-order valence-corrected chi connectivity index (χ0v) is 13.8. The molecule has 0 bridgehead atoms. The zero-order valence-electron chi connectivity index (χ0n) is 10.7. The van der Waals surface area contributed by atoms with E-state index < -0.39 is 0 Å². The average molecular weight is 382 g/mol. The van der Waals surface area contributed by atoms with Gasteiger partial charge in [-0.1, -0.05) is 23.2 Å². The van der Waals surface area contributed by atoms with Crippen molar-refractivity contribution in [2.45, 2.75) is 13.5 Å². The molecular formula is C12H13BrCl2N3O2-. The van der Waals surface area contributed by atoms with E-state index in [4.69, 9.17) is 33.7 Å². The smallest absolute Gasteiger partial charge is 0.325 e. The molecule has 0 saturated heterocycles. The third-order valence-corrected chi connectivity index (χ3v) is 3.55. The number of nitrogens with two attached hydrogens (primary N) is 1. The molecule has 5 nitrogen and oxygen atoms in total. The highest BCUT2D eigenvalue weighted by Gasteiger charge is 2.23. The number of fused-ring (bicyclic) bond motifs is 1. The van der Waals surface area contributed by atoms with Gasteiger partial charge in [-0.05, 0) is 19.1 Å². The van der Waals surface area contributed by atoms with Crippen LogP contribution in [0.5, 0.6) is 0 Å². The van der Waals surface area contributed by atoms with Crippen LogP contribution in [0.25, 0.3) is 0 Å². The van der Waals surface area contributed by atoms with E-state index in [1.165, 1.54) is 0 Å². The average Bonchev–Trinajstić information content (AvgIpc) is 2.36. The maximum Gasteiger partial charge on any atom is 0.325 e. The van der Waals surface area contributed by atoms with Gasteiger partial charge in [-0.25, -0.2) is 4.99 Å². The van der Waals surface area contributed by atoms with Crippen molar-refractivity contribution in [3.05, 3.63) is 27.7 Å². The van der Waals surface area contributed by atoms with Gasteiger partial charge in [0.1, 0.15) is 6.54 Å². The SMILES string of the molecule is CCOC(=O)CN1Cc2c(ccc(Cl)c2Cl)N=C1N.[Br-]. The minimum atomic E-state index is -0.359. The fraction of sp³-hybridized carbons (Fsp3) is 0.333. The molecule has 1 aliphatic heterocycles. The third-order valence-electron chi connectivity index (χ3n) is 2.70. The first kappa shape index (κ1) is 17.1. The number of nitrogens with zero attached hydrogens (tertiary/aromatic N) is 2. The van der Waals surface area contributed by atoms with Gasteiger partial charge in [0.05, 0.1) is 28.9 Å². The van der Waals surface area contributed by atoms with E-state index in [9.17, 15) is 4.79 Å². The lowest BCUT2D eigenvalue weighted by Gasteiger charge is -2.27. The highest BCUT2D eigenvalue weighted by molar-refractivity contribution is 6.42. The minimum Gasteiger partial charge on any atom is -1.00 e. The molecule has 1 heterocycles. The Morgan fingerprint density at radius 2 is 2.20 bits per heavy atom. The van der Waals surface area contributed by atoms with Gasteiger partial charge in [0.15, 0.2) is 5.96 Å². The number of halogens is 3. The monoisotopic (exact) mass is 380 g/mol. The van der Waals surface area contributed by atoms with Crippen molar-refractivity contribution in [3.8, 4) is 0 Å². The second-order valence-electron chi connectivity index (χ2n) is 3.99. The summed E-state index contributed by atoms with van der Waals surface area (Å²) in [5.74, 6) is -0.0961. The third kappa shape index (κ3) is 3.56. The molecular weight excluding hydrogens is 369 g/mol. The Kier molecular flexibility index (Phi) is 6.10. The predicted octanol–water partition coefficient (Wildman–Crippen LogP) is -0.678. The van der Waals surface area contributed by atoms with Gasteiger partial charge < -0.3 is 32.4 Å².